The van der Waals surface area contributed by atoms with Crippen molar-refractivity contribution >= 4 is 28.8 Å². The lowest BCUT2D eigenvalue weighted by molar-refractivity contribution is -0.166. The second kappa shape index (κ2) is 8.01. The predicted molar refractivity (Wildman–Crippen MR) is 88.0 cm³/mol. The van der Waals surface area contributed by atoms with Crippen molar-refractivity contribution in [1.82, 2.24) is 0 Å². The van der Waals surface area contributed by atoms with E-state index in [1.54, 1.807) is 0 Å². The predicted octanol–water partition coefficient (Wildman–Crippen LogP) is 6.50. The zero-order chi connectivity index (χ0) is 21.1. The maximum atomic E-state index is 12.8. The lowest BCUT2D eigenvalue weighted by atomic mass is 10.1. The zero-order valence-electron chi connectivity index (χ0n) is 13.5. The molecule has 0 radical (unpaired) electrons. The third-order valence-corrected chi connectivity index (χ3v) is 3.59. The Kier molecular flexibility index (Phi) is 6.13. The first-order valence-corrected chi connectivity index (χ1v) is 7.67. The summed E-state index contributed by atoms with van der Waals surface area (Å²) >= 11 is 5.69. The van der Waals surface area contributed by atoms with Crippen molar-refractivity contribution in [2.24, 2.45) is 10.2 Å². The van der Waals surface area contributed by atoms with Gasteiger partial charge in [-0.15, -0.1) is 10.2 Å². The highest BCUT2D eigenvalue weighted by Crippen LogP contribution is 2.36. The van der Waals surface area contributed by atoms with Gasteiger partial charge in [-0.1, -0.05) is 41.9 Å². The molecule has 2 rings (SSSR count). The largest absolute Gasteiger partial charge is 0.505 e. The number of azo groups is 1. The van der Waals surface area contributed by atoms with Crippen LogP contribution in [0.25, 0.3) is 5.76 Å². The summed E-state index contributed by atoms with van der Waals surface area (Å²) in [6.07, 6.45) is -10.2. The number of Topliss-reactive ketones (excluding diaryl/α,β-unsaturated/α-hetero) is 1. The quantitative estimate of drug-likeness (QED) is 0.264. The van der Waals surface area contributed by atoms with E-state index in [0.717, 1.165) is 6.07 Å². The number of hydrogen-bond donors (Lipinski definition) is 1. The summed E-state index contributed by atoms with van der Waals surface area (Å²) in [5.74, 6) is -3.67. The number of benzene rings is 2. The molecule has 148 valence electrons. The van der Waals surface area contributed by atoms with Crippen LogP contribution < -0.4 is 0 Å². The van der Waals surface area contributed by atoms with Crippen molar-refractivity contribution in [2.75, 3.05) is 0 Å². The van der Waals surface area contributed by atoms with Crippen LogP contribution in [0.3, 0.4) is 0 Å². The average molecular weight is 423 g/mol. The van der Waals surface area contributed by atoms with E-state index < -0.39 is 40.8 Å². The third-order valence-electron chi connectivity index (χ3n) is 3.28. The molecule has 2 aromatic rings. The molecular formula is C17H9ClF6N2O2. The molecule has 4 nitrogen and oxygen atoms in total. The lowest BCUT2D eigenvalue weighted by Gasteiger charge is -2.09. The van der Waals surface area contributed by atoms with Crippen molar-refractivity contribution in [1.29, 1.82) is 0 Å². The Morgan fingerprint density at radius 1 is 0.964 bits per heavy atom. The van der Waals surface area contributed by atoms with Gasteiger partial charge in [0.25, 0.3) is 5.78 Å². The molecule has 2 aromatic carbocycles. The molecule has 0 amide bonds. The van der Waals surface area contributed by atoms with Crippen molar-refractivity contribution in [3.8, 4) is 0 Å². The molecule has 0 spiro atoms. The Labute approximate surface area is 158 Å². The lowest BCUT2D eigenvalue weighted by Crippen LogP contribution is -2.24. The minimum absolute atomic E-state index is 0.177. The summed E-state index contributed by atoms with van der Waals surface area (Å²) < 4.78 is 76.8. The molecule has 0 saturated carbocycles. The van der Waals surface area contributed by atoms with Gasteiger partial charge in [0.1, 0.15) is 5.69 Å². The molecule has 0 aliphatic heterocycles. The van der Waals surface area contributed by atoms with Crippen LogP contribution in [-0.4, -0.2) is 17.1 Å². The number of aliphatic hydroxyl groups excluding tert-OH is 1. The van der Waals surface area contributed by atoms with Crippen molar-refractivity contribution < 1.29 is 36.2 Å². The van der Waals surface area contributed by atoms with Crippen molar-refractivity contribution in [3.05, 3.63) is 70.4 Å². The van der Waals surface area contributed by atoms with Crippen LogP contribution in [0.5, 0.6) is 0 Å². The minimum Gasteiger partial charge on any atom is -0.505 e. The van der Waals surface area contributed by atoms with Gasteiger partial charge in [0.2, 0.25) is 0 Å². The van der Waals surface area contributed by atoms with E-state index in [-0.39, 0.29) is 10.6 Å². The molecule has 0 aliphatic rings. The fourth-order valence-corrected chi connectivity index (χ4v) is 2.09. The van der Waals surface area contributed by atoms with E-state index in [9.17, 15) is 36.2 Å². The maximum absolute atomic E-state index is 12.8. The van der Waals surface area contributed by atoms with E-state index in [1.165, 1.54) is 30.3 Å². The molecule has 11 heteroatoms. The summed E-state index contributed by atoms with van der Waals surface area (Å²) in [5.41, 5.74) is -3.48. The number of aliphatic hydroxyl groups is 1. The molecular weight excluding hydrogens is 414 g/mol. The number of carbonyl (C=O) groups is 1. The smallest absolute Gasteiger partial charge is 0.456 e. The van der Waals surface area contributed by atoms with Crippen LogP contribution in [0.1, 0.15) is 11.1 Å². The number of halogens is 7. The first-order chi connectivity index (χ1) is 12.9. The van der Waals surface area contributed by atoms with Gasteiger partial charge >= 0.3 is 12.4 Å². The Morgan fingerprint density at radius 2 is 1.57 bits per heavy atom. The molecule has 0 heterocycles. The molecule has 0 unspecified atom stereocenters. The van der Waals surface area contributed by atoms with E-state index in [4.69, 9.17) is 11.6 Å². The molecule has 0 aromatic heterocycles. The Morgan fingerprint density at radius 3 is 2.11 bits per heavy atom. The van der Waals surface area contributed by atoms with Gasteiger partial charge in [-0.25, -0.2) is 0 Å². The van der Waals surface area contributed by atoms with Crippen LogP contribution in [0, 0.1) is 0 Å². The number of allylic oxidation sites excluding steroid dienone is 1. The molecule has 0 fully saturated rings. The molecule has 28 heavy (non-hydrogen) atoms. The molecule has 1 N–H and O–H groups in total. The molecule has 0 bridgehead atoms. The molecule has 0 atom stereocenters. The zero-order valence-corrected chi connectivity index (χ0v) is 14.3. The monoisotopic (exact) mass is 422 g/mol. The second-order valence-electron chi connectivity index (χ2n) is 5.25. The van der Waals surface area contributed by atoms with Crippen LogP contribution in [-0.2, 0) is 11.0 Å². The number of rotatable bonds is 4. The van der Waals surface area contributed by atoms with Gasteiger partial charge in [-0.2, -0.15) is 26.3 Å². The Balaban J connectivity index is 2.57. The van der Waals surface area contributed by atoms with Crippen LogP contribution in [0.2, 0.25) is 5.02 Å². The highest BCUT2D eigenvalue weighted by molar-refractivity contribution is 6.33. The summed E-state index contributed by atoms with van der Waals surface area (Å²) in [7, 11) is 0. The number of hydrogen-bond acceptors (Lipinski definition) is 4. The van der Waals surface area contributed by atoms with Gasteiger partial charge in [0.05, 0.1) is 10.6 Å². The maximum Gasteiger partial charge on any atom is 0.456 e. The topological polar surface area (TPSA) is 62.0 Å². The molecule has 0 saturated heterocycles. The highest BCUT2D eigenvalue weighted by Gasteiger charge is 2.43. The van der Waals surface area contributed by atoms with Gasteiger partial charge < -0.3 is 5.11 Å². The number of alkyl halides is 6. The first-order valence-electron chi connectivity index (χ1n) is 7.30. The molecule has 0 aliphatic carbocycles. The van der Waals surface area contributed by atoms with Gasteiger partial charge in [-0.3, -0.25) is 4.79 Å². The summed E-state index contributed by atoms with van der Waals surface area (Å²) in [6.45, 7) is 0. The van der Waals surface area contributed by atoms with Crippen LogP contribution >= 0.6 is 11.6 Å². The fraction of sp³-hybridized carbons (Fsp3) is 0.118. The summed E-state index contributed by atoms with van der Waals surface area (Å²) in [4.78, 5) is 11.6. The van der Waals surface area contributed by atoms with E-state index in [0.29, 0.717) is 12.1 Å². The SMILES string of the molecule is O=C(/C(N=Nc1cc(C(F)(F)F)ccc1Cl)=C(\O)c1ccccc1)C(F)(F)F. The van der Waals surface area contributed by atoms with Crippen LogP contribution in [0.15, 0.2) is 64.5 Å². The van der Waals surface area contributed by atoms with E-state index in [2.05, 4.69) is 10.2 Å². The van der Waals surface area contributed by atoms with Crippen LogP contribution in [0.4, 0.5) is 32.0 Å². The number of ketones is 1. The average Bonchev–Trinajstić information content (AvgIpc) is 2.61. The standard InChI is InChI=1S/C17H9ClF6N2O2/c18-11-7-6-10(16(19,20)21)8-12(11)25-26-13(15(28)17(22,23)24)14(27)9-4-2-1-3-5-9/h1-8,27H/b14-13+,26-25?. The summed E-state index contributed by atoms with van der Waals surface area (Å²) in [5, 5.41) is 16.0. The van der Waals surface area contributed by atoms with Crippen molar-refractivity contribution in [2.45, 2.75) is 12.4 Å². The normalized spacial score (nSPS) is 13.5. The Bertz CT molecular complexity index is 937. The van der Waals surface area contributed by atoms with E-state index in [1.807, 2.05) is 0 Å². The fourth-order valence-electron chi connectivity index (χ4n) is 1.94. The van der Waals surface area contributed by atoms with Gasteiger partial charge in [0.15, 0.2) is 11.5 Å². The number of carbonyl (C=O) groups excluding carboxylic acids is 1. The van der Waals surface area contributed by atoms with Crippen molar-refractivity contribution in [3.63, 3.8) is 0 Å². The highest BCUT2D eigenvalue weighted by atomic mass is 35.5. The third kappa shape index (κ3) is 5.10. The number of nitrogens with zero attached hydrogens (tertiary/aromatic N) is 2. The Hall–Kier alpha value is -2.88. The second-order valence-corrected chi connectivity index (χ2v) is 5.66. The minimum atomic E-state index is -5.41. The van der Waals surface area contributed by atoms with Gasteiger partial charge in [-0.05, 0) is 18.2 Å². The summed E-state index contributed by atoms with van der Waals surface area (Å²) in [6, 6.07) is 8.57. The van der Waals surface area contributed by atoms with Gasteiger partial charge in [0, 0.05) is 5.56 Å². The first kappa shape index (κ1) is 21.4. The van der Waals surface area contributed by atoms with E-state index >= 15 is 0 Å².